The highest BCUT2D eigenvalue weighted by Gasteiger charge is 2.13. The number of hydrogen-bond acceptors (Lipinski definition) is 5. The summed E-state index contributed by atoms with van der Waals surface area (Å²) in [6, 6.07) is 0. The summed E-state index contributed by atoms with van der Waals surface area (Å²) >= 11 is 0. The lowest BCUT2D eigenvalue weighted by Gasteiger charge is -2.16. The molecule has 0 rings (SSSR count). The zero-order valence-electron chi connectivity index (χ0n) is 37.1. The van der Waals surface area contributed by atoms with Crippen LogP contribution in [0.1, 0.15) is 266 Å². The van der Waals surface area contributed by atoms with Crippen molar-refractivity contribution in [2.45, 2.75) is 266 Å². The summed E-state index contributed by atoms with van der Waals surface area (Å²) < 4.78 is 0. The van der Waals surface area contributed by atoms with Crippen LogP contribution in [0.25, 0.3) is 0 Å². The van der Waals surface area contributed by atoms with Crippen molar-refractivity contribution >= 4 is 11.9 Å². The first kappa shape index (κ1) is 59.5. The number of unbranched alkanes of at least 4 members (excludes halogenated alkanes) is 31. The second-order valence-corrected chi connectivity index (χ2v) is 16.5. The number of aliphatic carboxylic acids is 2. The fraction of sp³-hybridized carbons (Fsp3) is 0.957. The third kappa shape index (κ3) is 68.8. The first-order valence-electron chi connectivity index (χ1n) is 23.3. The highest BCUT2D eigenvalue weighted by molar-refractivity contribution is 5.66. The van der Waals surface area contributed by atoms with Crippen LogP contribution in [0.5, 0.6) is 0 Å². The summed E-state index contributed by atoms with van der Waals surface area (Å²) in [5.74, 6) is -1.33. The van der Waals surface area contributed by atoms with Crippen LogP contribution in [0.4, 0.5) is 0 Å². The van der Waals surface area contributed by atoms with E-state index < -0.39 is 11.9 Å². The number of aliphatic hydroxyl groups is 3. The largest absolute Gasteiger partial charge is 0.481 e. The fourth-order valence-electron chi connectivity index (χ4n) is 5.88. The Kier molecular flexibility index (Phi) is 59.4. The monoisotopic (exact) mass is 775 g/mol. The van der Waals surface area contributed by atoms with Crippen LogP contribution in [0.3, 0.4) is 0 Å². The highest BCUT2D eigenvalue weighted by atomic mass is 16.4. The van der Waals surface area contributed by atoms with E-state index in [0.717, 1.165) is 32.1 Å². The molecule has 0 aromatic carbocycles. The SMILES string of the molecule is CC(C)(CO)CO.CCCCCCCCCC(=O)O.CCCCCCCCCC(=O)O.CCCCCCCCCCCCCCCCCCCCCCO. The number of rotatable bonds is 38. The molecule has 0 bridgehead atoms. The van der Waals surface area contributed by atoms with Crippen molar-refractivity contribution in [2.75, 3.05) is 19.8 Å². The van der Waals surface area contributed by atoms with E-state index in [9.17, 15) is 9.59 Å². The summed E-state index contributed by atoms with van der Waals surface area (Å²) in [4.78, 5) is 20.3. The maximum Gasteiger partial charge on any atom is 0.303 e. The molecule has 0 unspecified atom stereocenters. The third-order valence-corrected chi connectivity index (χ3v) is 9.86. The zero-order valence-corrected chi connectivity index (χ0v) is 37.1. The molecule has 7 nitrogen and oxygen atoms in total. The lowest BCUT2D eigenvalue weighted by atomic mass is 9.97. The average molecular weight is 775 g/mol. The van der Waals surface area contributed by atoms with Gasteiger partial charge in [-0.15, -0.1) is 0 Å². The van der Waals surface area contributed by atoms with Gasteiger partial charge in [-0.3, -0.25) is 9.59 Å². The quantitative estimate of drug-likeness (QED) is 0.0394. The molecule has 0 amide bonds. The van der Waals surface area contributed by atoms with E-state index in [-0.39, 0.29) is 18.6 Å². The molecule has 7 heteroatoms. The first-order chi connectivity index (χ1) is 26.1. The number of aliphatic hydroxyl groups excluding tert-OH is 3. The smallest absolute Gasteiger partial charge is 0.303 e. The van der Waals surface area contributed by atoms with Gasteiger partial charge in [0.1, 0.15) is 0 Å². The molecule has 0 aliphatic heterocycles. The molecule has 0 spiro atoms. The van der Waals surface area contributed by atoms with Crippen molar-refractivity contribution in [3.8, 4) is 0 Å². The van der Waals surface area contributed by atoms with Gasteiger partial charge in [0.05, 0.1) is 13.2 Å². The molecule has 0 aromatic heterocycles. The van der Waals surface area contributed by atoms with Gasteiger partial charge in [0.25, 0.3) is 0 Å². The maximum absolute atomic E-state index is 10.1. The Balaban J connectivity index is -0.000000340. The molecular formula is C47H98O7. The van der Waals surface area contributed by atoms with Gasteiger partial charge in [-0.2, -0.15) is 0 Å². The summed E-state index contributed by atoms with van der Waals surface area (Å²) in [7, 11) is 0. The fourth-order valence-corrected chi connectivity index (χ4v) is 5.88. The van der Waals surface area contributed by atoms with Gasteiger partial charge in [0.15, 0.2) is 0 Å². The Morgan fingerprint density at radius 1 is 0.333 bits per heavy atom. The topological polar surface area (TPSA) is 135 Å². The van der Waals surface area contributed by atoms with Crippen molar-refractivity contribution in [2.24, 2.45) is 5.41 Å². The molecule has 0 aromatic rings. The molecule has 0 heterocycles. The minimum atomic E-state index is -0.663. The Hall–Kier alpha value is -1.18. The van der Waals surface area contributed by atoms with Crippen LogP contribution in [-0.4, -0.2) is 57.3 Å². The zero-order chi connectivity index (χ0) is 41.2. The number of carboxylic acid groups (broad SMARTS) is 2. The van der Waals surface area contributed by atoms with Gasteiger partial charge in [-0.1, -0.05) is 234 Å². The average Bonchev–Trinajstić information content (AvgIpc) is 3.15. The maximum atomic E-state index is 10.1. The standard InChI is InChI=1S/C22H46O.2C10H20O2.C5H12O2/c1-2-3-4-5-6-7-8-9-10-11-12-13-14-15-16-17-18-19-20-21-22-23;2*1-2-3-4-5-6-7-8-9-10(11)12;1-5(2,3-6)4-7/h23H,2-22H2,1H3;2*2-9H2,1H3,(H,11,12);6-7H,3-4H2,1-2H3. The first-order valence-corrected chi connectivity index (χ1v) is 23.3. The summed E-state index contributed by atoms with van der Waals surface area (Å²) in [6.07, 6.45) is 45.4. The lowest BCUT2D eigenvalue weighted by molar-refractivity contribution is -0.138. The van der Waals surface area contributed by atoms with E-state index in [2.05, 4.69) is 20.8 Å². The summed E-state index contributed by atoms with van der Waals surface area (Å²) in [5, 5.41) is 42.3. The third-order valence-electron chi connectivity index (χ3n) is 9.86. The highest BCUT2D eigenvalue weighted by Crippen LogP contribution is 2.15. The Bertz CT molecular complexity index is 629. The van der Waals surface area contributed by atoms with Gasteiger partial charge in [-0.25, -0.2) is 0 Å². The van der Waals surface area contributed by atoms with Crippen molar-refractivity contribution in [3.05, 3.63) is 0 Å². The van der Waals surface area contributed by atoms with Gasteiger partial charge < -0.3 is 25.5 Å². The van der Waals surface area contributed by atoms with Crippen LogP contribution >= 0.6 is 0 Å². The molecule has 0 aliphatic carbocycles. The molecule has 328 valence electrons. The van der Waals surface area contributed by atoms with E-state index >= 15 is 0 Å². The Morgan fingerprint density at radius 3 is 0.667 bits per heavy atom. The molecule has 54 heavy (non-hydrogen) atoms. The second-order valence-electron chi connectivity index (χ2n) is 16.5. The predicted molar refractivity (Wildman–Crippen MR) is 234 cm³/mol. The predicted octanol–water partition coefficient (Wildman–Crippen LogP) is 14.2. The molecule has 0 radical (unpaired) electrons. The summed E-state index contributed by atoms with van der Waals surface area (Å²) in [5.41, 5.74) is -0.306. The molecule has 0 saturated carbocycles. The Labute approximate surface area is 337 Å². The van der Waals surface area contributed by atoms with Crippen molar-refractivity contribution in [1.29, 1.82) is 0 Å². The van der Waals surface area contributed by atoms with Crippen LogP contribution in [0.15, 0.2) is 0 Å². The number of carboxylic acids is 2. The van der Waals surface area contributed by atoms with Gasteiger partial charge in [0.2, 0.25) is 0 Å². The van der Waals surface area contributed by atoms with Crippen molar-refractivity contribution in [3.63, 3.8) is 0 Å². The summed E-state index contributed by atoms with van der Waals surface area (Å²) in [6.45, 7) is 10.8. The van der Waals surface area contributed by atoms with E-state index in [4.69, 9.17) is 25.5 Å². The lowest BCUT2D eigenvalue weighted by Crippen LogP contribution is -2.20. The minimum absolute atomic E-state index is 0.0451. The van der Waals surface area contributed by atoms with Crippen molar-refractivity contribution < 1.29 is 35.1 Å². The number of hydrogen-bond donors (Lipinski definition) is 5. The van der Waals surface area contributed by atoms with Crippen LogP contribution < -0.4 is 0 Å². The minimum Gasteiger partial charge on any atom is -0.481 e. The Morgan fingerprint density at radius 2 is 0.519 bits per heavy atom. The molecule has 0 fully saturated rings. The van der Waals surface area contributed by atoms with Crippen molar-refractivity contribution in [1.82, 2.24) is 0 Å². The molecule has 0 aliphatic rings. The second kappa shape index (κ2) is 53.9. The van der Waals surface area contributed by atoms with Crippen LogP contribution in [-0.2, 0) is 9.59 Å². The molecular weight excluding hydrogens is 677 g/mol. The molecule has 0 atom stereocenters. The normalized spacial score (nSPS) is 10.8. The molecule has 5 N–H and O–H groups in total. The van der Waals surface area contributed by atoms with E-state index in [1.807, 2.05) is 0 Å². The van der Waals surface area contributed by atoms with E-state index in [1.54, 1.807) is 13.8 Å². The van der Waals surface area contributed by atoms with Gasteiger partial charge in [-0.05, 0) is 19.3 Å². The molecule has 0 saturated heterocycles. The van der Waals surface area contributed by atoms with Gasteiger partial charge >= 0.3 is 11.9 Å². The van der Waals surface area contributed by atoms with E-state index in [0.29, 0.717) is 19.4 Å². The van der Waals surface area contributed by atoms with Gasteiger partial charge in [0, 0.05) is 24.9 Å². The van der Waals surface area contributed by atoms with E-state index in [1.165, 1.54) is 186 Å². The van der Waals surface area contributed by atoms with Crippen LogP contribution in [0, 0.1) is 5.41 Å². The number of carbonyl (C=O) groups is 2. The van der Waals surface area contributed by atoms with Crippen LogP contribution in [0.2, 0.25) is 0 Å².